The molecule has 1 aromatic carbocycles. The Balaban J connectivity index is 2.14. The van der Waals surface area contributed by atoms with E-state index in [4.69, 9.17) is 0 Å². The standard InChI is InChI=1S/C16H21N3/c1-3-19(4-2)16-15-12(10-11-17-16)6-5-7-14(15)18-13-8-9-13/h5-7,10-11,13,18H,3-4,8-9H2,1-2H3. The summed E-state index contributed by atoms with van der Waals surface area (Å²) in [6.07, 6.45) is 4.49. The van der Waals surface area contributed by atoms with Gasteiger partial charge in [-0.05, 0) is 44.2 Å². The van der Waals surface area contributed by atoms with Crippen LogP contribution in [0.15, 0.2) is 30.5 Å². The van der Waals surface area contributed by atoms with Crippen molar-refractivity contribution in [1.82, 2.24) is 4.98 Å². The second kappa shape index (κ2) is 5.08. The average molecular weight is 255 g/mol. The molecule has 0 aliphatic heterocycles. The van der Waals surface area contributed by atoms with E-state index in [1.54, 1.807) is 0 Å². The van der Waals surface area contributed by atoms with Crippen LogP contribution in [0.5, 0.6) is 0 Å². The summed E-state index contributed by atoms with van der Waals surface area (Å²) in [5.41, 5.74) is 1.23. The minimum Gasteiger partial charge on any atom is -0.382 e. The molecule has 1 fully saturated rings. The van der Waals surface area contributed by atoms with Crippen molar-refractivity contribution >= 4 is 22.3 Å². The van der Waals surface area contributed by atoms with Gasteiger partial charge in [0.05, 0.1) is 0 Å². The lowest BCUT2D eigenvalue weighted by Gasteiger charge is -2.23. The number of pyridine rings is 1. The minimum absolute atomic E-state index is 0.662. The van der Waals surface area contributed by atoms with Crippen molar-refractivity contribution in [1.29, 1.82) is 0 Å². The number of hydrogen-bond donors (Lipinski definition) is 1. The van der Waals surface area contributed by atoms with Crippen molar-refractivity contribution < 1.29 is 0 Å². The quantitative estimate of drug-likeness (QED) is 0.883. The van der Waals surface area contributed by atoms with Gasteiger partial charge in [-0.15, -0.1) is 0 Å². The molecule has 3 rings (SSSR count). The zero-order chi connectivity index (χ0) is 13.2. The first-order valence-electron chi connectivity index (χ1n) is 7.22. The molecule has 19 heavy (non-hydrogen) atoms. The van der Waals surface area contributed by atoms with Gasteiger partial charge in [-0.2, -0.15) is 0 Å². The SMILES string of the molecule is CCN(CC)c1nccc2cccc(NC3CC3)c12. The number of anilines is 2. The Morgan fingerprint density at radius 2 is 2.00 bits per heavy atom. The molecule has 1 aliphatic carbocycles. The van der Waals surface area contributed by atoms with Crippen molar-refractivity contribution in [3.63, 3.8) is 0 Å². The molecule has 1 aromatic heterocycles. The smallest absolute Gasteiger partial charge is 0.138 e. The number of rotatable bonds is 5. The number of nitrogens with one attached hydrogen (secondary N) is 1. The Labute approximate surface area is 114 Å². The zero-order valence-electron chi connectivity index (χ0n) is 11.7. The van der Waals surface area contributed by atoms with Crippen LogP contribution in [0.4, 0.5) is 11.5 Å². The van der Waals surface area contributed by atoms with E-state index in [1.807, 2.05) is 6.20 Å². The molecule has 0 unspecified atom stereocenters. The van der Waals surface area contributed by atoms with E-state index in [1.165, 1.54) is 29.3 Å². The normalized spacial score (nSPS) is 14.6. The predicted molar refractivity (Wildman–Crippen MR) is 81.9 cm³/mol. The largest absolute Gasteiger partial charge is 0.382 e. The van der Waals surface area contributed by atoms with Gasteiger partial charge in [0.1, 0.15) is 5.82 Å². The molecule has 100 valence electrons. The van der Waals surface area contributed by atoms with E-state index in [9.17, 15) is 0 Å². The van der Waals surface area contributed by atoms with Crippen LogP contribution in [0.1, 0.15) is 26.7 Å². The van der Waals surface area contributed by atoms with E-state index in [0.717, 1.165) is 18.9 Å². The van der Waals surface area contributed by atoms with Crippen LogP contribution in [0, 0.1) is 0 Å². The number of aromatic nitrogens is 1. The maximum absolute atomic E-state index is 4.62. The highest BCUT2D eigenvalue weighted by Gasteiger charge is 2.22. The summed E-state index contributed by atoms with van der Waals surface area (Å²) in [7, 11) is 0. The van der Waals surface area contributed by atoms with Gasteiger partial charge >= 0.3 is 0 Å². The highest BCUT2D eigenvalue weighted by molar-refractivity contribution is 6.02. The molecule has 1 saturated carbocycles. The average Bonchev–Trinajstić information content (AvgIpc) is 3.24. The maximum Gasteiger partial charge on any atom is 0.138 e. The van der Waals surface area contributed by atoms with Gasteiger partial charge in [-0.1, -0.05) is 12.1 Å². The summed E-state index contributed by atoms with van der Waals surface area (Å²) >= 11 is 0. The first-order valence-corrected chi connectivity index (χ1v) is 7.22. The highest BCUT2D eigenvalue weighted by atomic mass is 15.2. The Morgan fingerprint density at radius 1 is 1.21 bits per heavy atom. The Kier molecular flexibility index (Phi) is 3.28. The van der Waals surface area contributed by atoms with Crippen LogP contribution in [0.2, 0.25) is 0 Å². The molecule has 0 spiro atoms. The van der Waals surface area contributed by atoms with E-state index in [0.29, 0.717) is 6.04 Å². The first-order chi connectivity index (χ1) is 9.33. The van der Waals surface area contributed by atoms with Gasteiger partial charge in [-0.25, -0.2) is 4.98 Å². The summed E-state index contributed by atoms with van der Waals surface area (Å²) in [5.74, 6) is 1.10. The van der Waals surface area contributed by atoms with Crippen LogP contribution in [0.25, 0.3) is 10.8 Å². The fraction of sp³-hybridized carbons (Fsp3) is 0.438. The van der Waals surface area contributed by atoms with Gasteiger partial charge in [-0.3, -0.25) is 0 Å². The molecule has 1 aliphatic rings. The molecule has 1 heterocycles. The van der Waals surface area contributed by atoms with Crippen molar-refractivity contribution in [3.05, 3.63) is 30.5 Å². The summed E-state index contributed by atoms with van der Waals surface area (Å²) in [5, 5.41) is 6.17. The van der Waals surface area contributed by atoms with E-state index in [2.05, 4.69) is 53.3 Å². The first kappa shape index (κ1) is 12.3. The van der Waals surface area contributed by atoms with Crippen LogP contribution in [-0.2, 0) is 0 Å². The Hall–Kier alpha value is -1.77. The molecule has 0 amide bonds. The summed E-state index contributed by atoms with van der Waals surface area (Å²) in [6.45, 7) is 6.34. The van der Waals surface area contributed by atoms with Gasteiger partial charge < -0.3 is 10.2 Å². The second-order valence-electron chi connectivity index (χ2n) is 5.13. The number of benzene rings is 1. The van der Waals surface area contributed by atoms with Gasteiger partial charge in [0, 0.05) is 36.4 Å². The lowest BCUT2D eigenvalue weighted by atomic mass is 10.1. The van der Waals surface area contributed by atoms with Crippen LogP contribution >= 0.6 is 0 Å². The molecule has 3 heteroatoms. The number of hydrogen-bond acceptors (Lipinski definition) is 3. The van der Waals surface area contributed by atoms with Crippen LogP contribution < -0.4 is 10.2 Å². The van der Waals surface area contributed by atoms with Crippen LogP contribution in [0.3, 0.4) is 0 Å². The minimum atomic E-state index is 0.662. The molecule has 0 radical (unpaired) electrons. The molecule has 1 N–H and O–H groups in total. The number of fused-ring (bicyclic) bond motifs is 1. The Bertz CT molecular complexity index is 566. The van der Waals surface area contributed by atoms with Crippen molar-refractivity contribution in [2.45, 2.75) is 32.7 Å². The maximum atomic E-state index is 4.62. The van der Waals surface area contributed by atoms with Crippen molar-refractivity contribution in [2.75, 3.05) is 23.3 Å². The highest BCUT2D eigenvalue weighted by Crippen LogP contribution is 2.34. The fourth-order valence-electron chi connectivity index (χ4n) is 2.54. The van der Waals surface area contributed by atoms with Gasteiger partial charge in [0.15, 0.2) is 0 Å². The topological polar surface area (TPSA) is 28.2 Å². The molecule has 0 atom stereocenters. The fourth-order valence-corrected chi connectivity index (χ4v) is 2.54. The molecule has 0 bridgehead atoms. The van der Waals surface area contributed by atoms with Gasteiger partial charge in [0.25, 0.3) is 0 Å². The zero-order valence-corrected chi connectivity index (χ0v) is 11.7. The molecule has 3 nitrogen and oxygen atoms in total. The molecular formula is C16H21N3. The summed E-state index contributed by atoms with van der Waals surface area (Å²) in [6, 6.07) is 9.23. The third-order valence-corrected chi connectivity index (χ3v) is 3.77. The summed E-state index contributed by atoms with van der Waals surface area (Å²) < 4.78 is 0. The molecule has 2 aromatic rings. The lowest BCUT2D eigenvalue weighted by Crippen LogP contribution is -2.23. The summed E-state index contributed by atoms with van der Waals surface area (Å²) in [4.78, 5) is 6.94. The van der Waals surface area contributed by atoms with Crippen molar-refractivity contribution in [3.8, 4) is 0 Å². The predicted octanol–water partition coefficient (Wildman–Crippen LogP) is 3.66. The lowest BCUT2D eigenvalue weighted by molar-refractivity contribution is 0.852. The van der Waals surface area contributed by atoms with Gasteiger partial charge in [0.2, 0.25) is 0 Å². The third-order valence-electron chi connectivity index (χ3n) is 3.77. The van der Waals surface area contributed by atoms with Crippen LogP contribution in [-0.4, -0.2) is 24.1 Å². The molecular weight excluding hydrogens is 234 g/mol. The van der Waals surface area contributed by atoms with Crippen molar-refractivity contribution in [2.24, 2.45) is 0 Å². The molecule has 0 saturated heterocycles. The van der Waals surface area contributed by atoms with E-state index >= 15 is 0 Å². The Morgan fingerprint density at radius 3 is 2.68 bits per heavy atom. The van der Waals surface area contributed by atoms with E-state index < -0.39 is 0 Å². The number of nitrogens with zero attached hydrogens (tertiary/aromatic N) is 2. The third kappa shape index (κ3) is 2.37. The monoisotopic (exact) mass is 255 g/mol. The second-order valence-corrected chi connectivity index (χ2v) is 5.13. The van der Waals surface area contributed by atoms with E-state index in [-0.39, 0.29) is 0 Å².